The minimum Gasteiger partial charge on any atom is -0.484 e. The largest absolute Gasteiger partial charge is 0.484 e. The molecule has 1 aromatic rings. The number of carbonyl (C=O) groups is 2. The van der Waals surface area contributed by atoms with Gasteiger partial charge in [-0.15, -0.1) is 0 Å². The fourth-order valence-corrected chi connectivity index (χ4v) is 3.41. The van der Waals surface area contributed by atoms with Crippen LogP contribution in [-0.2, 0) is 9.59 Å². The molecule has 0 bridgehead atoms. The molecule has 130 valence electrons. The normalized spacial score (nSPS) is 20.7. The molecule has 0 aromatic heterocycles. The minimum absolute atomic E-state index is 0.0243. The highest BCUT2D eigenvalue weighted by atomic mass is 16.5. The summed E-state index contributed by atoms with van der Waals surface area (Å²) in [4.78, 5) is 27.8. The second-order valence-electron chi connectivity index (χ2n) is 6.49. The molecule has 2 heterocycles. The number of ether oxygens (including phenoxy) is 1. The van der Waals surface area contributed by atoms with Gasteiger partial charge in [0.15, 0.2) is 6.61 Å². The lowest BCUT2D eigenvalue weighted by atomic mass is 10.1. The zero-order valence-electron chi connectivity index (χ0n) is 14.2. The number of nitrogens with one attached hydrogen (secondary N) is 1. The van der Waals surface area contributed by atoms with Gasteiger partial charge in [-0.05, 0) is 44.5 Å². The van der Waals surface area contributed by atoms with E-state index in [4.69, 9.17) is 4.74 Å². The van der Waals surface area contributed by atoms with E-state index < -0.39 is 0 Å². The number of hydrogen-bond acceptors (Lipinski definition) is 4. The molecule has 0 spiro atoms. The first kappa shape index (κ1) is 16.8. The van der Waals surface area contributed by atoms with Gasteiger partial charge in [-0.3, -0.25) is 9.59 Å². The van der Waals surface area contributed by atoms with Crippen LogP contribution in [0.1, 0.15) is 19.3 Å². The first-order valence-corrected chi connectivity index (χ1v) is 8.63. The summed E-state index contributed by atoms with van der Waals surface area (Å²) < 4.78 is 5.67. The molecule has 1 aromatic carbocycles. The van der Waals surface area contributed by atoms with Crippen LogP contribution in [0.2, 0.25) is 0 Å². The summed E-state index contributed by atoms with van der Waals surface area (Å²) in [6.07, 6.45) is 2.54. The second-order valence-corrected chi connectivity index (χ2v) is 6.49. The fraction of sp³-hybridized carbons (Fsp3) is 0.556. The van der Waals surface area contributed by atoms with Crippen molar-refractivity contribution in [2.75, 3.05) is 44.7 Å². The van der Waals surface area contributed by atoms with Gasteiger partial charge in [0, 0.05) is 37.8 Å². The molecule has 0 radical (unpaired) electrons. The van der Waals surface area contributed by atoms with Crippen LogP contribution in [-0.4, -0.2) is 56.5 Å². The van der Waals surface area contributed by atoms with E-state index in [0.717, 1.165) is 44.7 Å². The third kappa shape index (κ3) is 3.87. The Labute approximate surface area is 142 Å². The van der Waals surface area contributed by atoms with Crippen molar-refractivity contribution >= 4 is 17.5 Å². The van der Waals surface area contributed by atoms with Crippen LogP contribution in [0.25, 0.3) is 0 Å². The smallest absolute Gasteiger partial charge is 0.260 e. The molecule has 2 fully saturated rings. The molecule has 2 saturated heterocycles. The molecule has 1 N–H and O–H groups in total. The molecule has 0 aliphatic carbocycles. The Bertz CT molecular complexity index is 605. The number of amides is 2. The van der Waals surface area contributed by atoms with Crippen LogP contribution in [0, 0.1) is 5.92 Å². The zero-order chi connectivity index (χ0) is 16.9. The van der Waals surface area contributed by atoms with Crippen LogP contribution < -0.4 is 15.0 Å². The van der Waals surface area contributed by atoms with E-state index >= 15 is 0 Å². The SMILES string of the molecule is CNCC1CCN(C(=O)COc2cccc(N3CCCC3=O)c2)C1. The number of nitrogens with zero attached hydrogens (tertiary/aromatic N) is 2. The quantitative estimate of drug-likeness (QED) is 0.852. The van der Waals surface area contributed by atoms with Crippen LogP contribution in [0.5, 0.6) is 5.75 Å². The van der Waals surface area contributed by atoms with Crippen molar-refractivity contribution in [2.45, 2.75) is 19.3 Å². The van der Waals surface area contributed by atoms with Gasteiger partial charge in [-0.1, -0.05) is 6.07 Å². The third-order valence-corrected chi connectivity index (χ3v) is 4.70. The molecule has 1 atom stereocenters. The van der Waals surface area contributed by atoms with Gasteiger partial charge in [0.05, 0.1) is 0 Å². The predicted octanol–water partition coefficient (Wildman–Crippen LogP) is 1.26. The lowest BCUT2D eigenvalue weighted by Crippen LogP contribution is -2.34. The highest BCUT2D eigenvalue weighted by Gasteiger charge is 2.26. The first-order valence-electron chi connectivity index (χ1n) is 8.63. The molecule has 0 saturated carbocycles. The maximum absolute atomic E-state index is 12.3. The summed E-state index contributed by atoms with van der Waals surface area (Å²) in [5, 5.41) is 3.16. The van der Waals surface area contributed by atoms with Crippen LogP contribution in [0.4, 0.5) is 5.69 Å². The molecule has 6 nitrogen and oxygen atoms in total. The van der Waals surface area contributed by atoms with Crippen molar-refractivity contribution in [2.24, 2.45) is 5.92 Å². The Morgan fingerprint density at radius 1 is 1.38 bits per heavy atom. The molecule has 2 aliphatic heterocycles. The average Bonchev–Trinajstić information content (AvgIpc) is 3.22. The van der Waals surface area contributed by atoms with Gasteiger partial charge in [0.25, 0.3) is 5.91 Å². The summed E-state index contributed by atoms with van der Waals surface area (Å²) in [5.74, 6) is 1.34. The summed E-state index contributed by atoms with van der Waals surface area (Å²) >= 11 is 0. The van der Waals surface area contributed by atoms with Crippen LogP contribution in [0.3, 0.4) is 0 Å². The van der Waals surface area contributed by atoms with E-state index in [1.807, 2.05) is 36.2 Å². The number of hydrogen-bond donors (Lipinski definition) is 1. The Hall–Kier alpha value is -2.08. The van der Waals surface area contributed by atoms with Crippen LogP contribution >= 0.6 is 0 Å². The molecule has 24 heavy (non-hydrogen) atoms. The highest BCUT2D eigenvalue weighted by molar-refractivity contribution is 5.95. The predicted molar refractivity (Wildman–Crippen MR) is 92.1 cm³/mol. The summed E-state index contributed by atoms with van der Waals surface area (Å²) in [6.45, 7) is 3.34. The maximum Gasteiger partial charge on any atom is 0.260 e. The van der Waals surface area contributed by atoms with Crippen molar-refractivity contribution < 1.29 is 14.3 Å². The Kier molecular flexibility index (Phi) is 5.35. The van der Waals surface area contributed by atoms with Crippen molar-refractivity contribution in [1.29, 1.82) is 0 Å². The van der Waals surface area contributed by atoms with E-state index in [-0.39, 0.29) is 18.4 Å². The van der Waals surface area contributed by atoms with E-state index in [9.17, 15) is 9.59 Å². The number of carbonyl (C=O) groups excluding carboxylic acids is 2. The highest BCUT2D eigenvalue weighted by Crippen LogP contribution is 2.25. The Morgan fingerprint density at radius 2 is 2.25 bits per heavy atom. The molecular weight excluding hydrogens is 306 g/mol. The Morgan fingerprint density at radius 3 is 3.00 bits per heavy atom. The average molecular weight is 331 g/mol. The Balaban J connectivity index is 1.53. The van der Waals surface area contributed by atoms with Crippen LogP contribution in [0.15, 0.2) is 24.3 Å². The molecule has 3 rings (SSSR count). The van der Waals surface area contributed by atoms with E-state index in [0.29, 0.717) is 18.1 Å². The van der Waals surface area contributed by atoms with Crippen molar-refractivity contribution in [1.82, 2.24) is 10.2 Å². The zero-order valence-corrected chi connectivity index (χ0v) is 14.2. The lowest BCUT2D eigenvalue weighted by molar-refractivity contribution is -0.132. The summed E-state index contributed by atoms with van der Waals surface area (Å²) in [7, 11) is 1.94. The molecular formula is C18H25N3O3. The second kappa shape index (κ2) is 7.66. The van der Waals surface area contributed by atoms with Crippen molar-refractivity contribution in [3.05, 3.63) is 24.3 Å². The molecule has 2 aliphatic rings. The lowest BCUT2D eigenvalue weighted by Gasteiger charge is -2.18. The standard InChI is InChI=1S/C18H25N3O3/c1-19-11-14-7-9-20(12-14)18(23)13-24-16-5-2-4-15(10-16)21-8-3-6-17(21)22/h2,4-5,10,14,19H,3,6-9,11-13H2,1H3. The van der Waals surface area contributed by atoms with Crippen molar-refractivity contribution in [3.8, 4) is 5.75 Å². The van der Waals surface area contributed by atoms with Gasteiger partial charge in [0.2, 0.25) is 5.91 Å². The number of likely N-dealkylation sites (tertiary alicyclic amines) is 1. The van der Waals surface area contributed by atoms with Gasteiger partial charge in [-0.2, -0.15) is 0 Å². The number of benzene rings is 1. The number of anilines is 1. The molecule has 6 heteroatoms. The van der Waals surface area contributed by atoms with Gasteiger partial charge >= 0.3 is 0 Å². The van der Waals surface area contributed by atoms with E-state index in [1.165, 1.54) is 0 Å². The van der Waals surface area contributed by atoms with E-state index in [1.54, 1.807) is 4.90 Å². The van der Waals surface area contributed by atoms with Gasteiger partial charge in [-0.25, -0.2) is 0 Å². The maximum atomic E-state index is 12.3. The molecule has 1 unspecified atom stereocenters. The fourth-order valence-electron chi connectivity index (χ4n) is 3.41. The third-order valence-electron chi connectivity index (χ3n) is 4.70. The molecule has 2 amide bonds. The summed E-state index contributed by atoms with van der Waals surface area (Å²) in [6, 6.07) is 7.43. The van der Waals surface area contributed by atoms with E-state index in [2.05, 4.69) is 5.32 Å². The monoisotopic (exact) mass is 331 g/mol. The topological polar surface area (TPSA) is 61.9 Å². The van der Waals surface area contributed by atoms with Gasteiger partial charge < -0.3 is 19.9 Å². The first-order chi connectivity index (χ1) is 11.7. The minimum atomic E-state index is 0.0243. The number of rotatable bonds is 6. The van der Waals surface area contributed by atoms with Crippen molar-refractivity contribution in [3.63, 3.8) is 0 Å². The summed E-state index contributed by atoms with van der Waals surface area (Å²) in [5.41, 5.74) is 0.845. The van der Waals surface area contributed by atoms with Gasteiger partial charge in [0.1, 0.15) is 5.75 Å².